The predicted molar refractivity (Wildman–Crippen MR) is 134 cm³/mol. The summed E-state index contributed by atoms with van der Waals surface area (Å²) in [6.07, 6.45) is 1.95. The van der Waals surface area contributed by atoms with E-state index in [-0.39, 0.29) is 5.91 Å². The van der Waals surface area contributed by atoms with Crippen molar-refractivity contribution in [1.29, 1.82) is 0 Å². The van der Waals surface area contributed by atoms with E-state index >= 15 is 0 Å². The minimum atomic E-state index is -0.0961. The molecule has 2 aromatic heterocycles. The first-order valence-electron chi connectivity index (χ1n) is 11.5. The van der Waals surface area contributed by atoms with Gasteiger partial charge in [-0.1, -0.05) is 31.2 Å². The number of methoxy groups -OCH3 is 1. The highest BCUT2D eigenvalue weighted by Gasteiger charge is 2.15. The molecule has 0 bridgehead atoms. The van der Waals surface area contributed by atoms with Crippen LogP contribution in [0.4, 0.5) is 5.82 Å². The standard InChI is InChI=1S/C27H30N4O3/c1-5-20-11-13-21(14-12-20)34-15-7-10-26(32)28-25-17-19(3)30-31(25)24-16-18(2)22-8-6-9-23(33-4)27(22)29-24/h6,8-9,11-14,16-17H,5,7,10,15H2,1-4H3,(H,28,32). The van der Waals surface area contributed by atoms with Gasteiger partial charge >= 0.3 is 0 Å². The van der Waals surface area contributed by atoms with Crippen molar-refractivity contribution in [2.75, 3.05) is 19.0 Å². The number of anilines is 1. The lowest BCUT2D eigenvalue weighted by atomic mass is 10.1. The van der Waals surface area contributed by atoms with Crippen LogP contribution in [0.5, 0.6) is 11.5 Å². The van der Waals surface area contributed by atoms with Crippen LogP contribution in [0.25, 0.3) is 16.7 Å². The summed E-state index contributed by atoms with van der Waals surface area (Å²) in [4.78, 5) is 17.4. The van der Waals surface area contributed by atoms with Crippen LogP contribution in [0.3, 0.4) is 0 Å². The number of para-hydroxylation sites is 1. The number of rotatable bonds is 9. The minimum absolute atomic E-state index is 0.0961. The number of aromatic nitrogens is 3. The van der Waals surface area contributed by atoms with E-state index in [9.17, 15) is 4.79 Å². The zero-order valence-electron chi connectivity index (χ0n) is 20.1. The van der Waals surface area contributed by atoms with Gasteiger partial charge in [-0.3, -0.25) is 4.79 Å². The fourth-order valence-corrected chi connectivity index (χ4v) is 3.86. The van der Waals surface area contributed by atoms with Gasteiger partial charge in [0.1, 0.15) is 22.8 Å². The molecule has 34 heavy (non-hydrogen) atoms. The molecule has 0 fully saturated rings. The molecule has 2 heterocycles. The Morgan fingerprint density at radius 1 is 1.09 bits per heavy atom. The van der Waals surface area contributed by atoms with E-state index in [1.165, 1.54) is 5.56 Å². The van der Waals surface area contributed by atoms with Gasteiger partial charge in [0.2, 0.25) is 5.91 Å². The molecule has 0 aliphatic rings. The maximum atomic E-state index is 12.6. The number of carbonyl (C=O) groups is 1. The molecule has 0 saturated carbocycles. The molecule has 2 aromatic carbocycles. The number of nitrogens with zero attached hydrogens (tertiary/aromatic N) is 3. The maximum Gasteiger partial charge on any atom is 0.225 e. The molecule has 0 aliphatic carbocycles. The number of fused-ring (bicyclic) bond motifs is 1. The van der Waals surface area contributed by atoms with Crippen molar-refractivity contribution in [3.05, 3.63) is 71.4 Å². The average Bonchev–Trinajstić information content (AvgIpc) is 3.21. The molecule has 4 rings (SSSR count). The van der Waals surface area contributed by atoms with Gasteiger partial charge in [-0.25, -0.2) is 4.98 Å². The summed E-state index contributed by atoms with van der Waals surface area (Å²) in [6.45, 7) is 6.51. The average molecular weight is 459 g/mol. The number of aryl methyl sites for hydroxylation is 3. The Bertz CT molecular complexity index is 1300. The van der Waals surface area contributed by atoms with Gasteiger partial charge in [-0.15, -0.1) is 0 Å². The van der Waals surface area contributed by atoms with Crippen molar-refractivity contribution in [3.8, 4) is 17.3 Å². The molecule has 0 saturated heterocycles. The summed E-state index contributed by atoms with van der Waals surface area (Å²) in [5, 5.41) is 8.55. The van der Waals surface area contributed by atoms with E-state index in [2.05, 4.69) is 29.5 Å². The number of pyridine rings is 1. The Morgan fingerprint density at radius 2 is 1.88 bits per heavy atom. The molecular weight excluding hydrogens is 428 g/mol. The molecule has 4 aromatic rings. The normalized spacial score (nSPS) is 10.9. The monoisotopic (exact) mass is 458 g/mol. The van der Waals surface area contributed by atoms with Crippen molar-refractivity contribution >= 4 is 22.6 Å². The lowest BCUT2D eigenvalue weighted by Gasteiger charge is -2.12. The summed E-state index contributed by atoms with van der Waals surface area (Å²) in [5.74, 6) is 2.62. The van der Waals surface area contributed by atoms with Crippen molar-refractivity contribution in [3.63, 3.8) is 0 Å². The van der Waals surface area contributed by atoms with Crippen LogP contribution in [-0.4, -0.2) is 34.4 Å². The molecule has 176 valence electrons. The van der Waals surface area contributed by atoms with Crippen LogP contribution in [0.2, 0.25) is 0 Å². The van der Waals surface area contributed by atoms with E-state index in [0.717, 1.165) is 34.3 Å². The van der Waals surface area contributed by atoms with E-state index in [1.807, 2.05) is 56.3 Å². The van der Waals surface area contributed by atoms with Crippen LogP contribution >= 0.6 is 0 Å². The van der Waals surface area contributed by atoms with E-state index in [1.54, 1.807) is 11.8 Å². The summed E-state index contributed by atoms with van der Waals surface area (Å²) >= 11 is 0. The van der Waals surface area contributed by atoms with Crippen molar-refractivity contribution in [2.24, 2.45) is 0 Å². The second-order valence-electron chi connectivity index (χ2n) is 8.23. The lowest BCUT2D eigenvalue weighted by Crippen LogP contribution is -2.16. The Balaban J connectivity index is 1.43. The van der Waals surface area contributed by atoms with Gasteiger partial charge in [0, 0.05) is 17.9 Å². The molecule has 1 amide bonds. The van der Waals surface area contributed by atoms with Crippen LogP contribution < -0.4 is 14.8 Å². The van der Waals surface area contributed by atoms with Crippen molar-refractivity contribution in [2.45, 2.75) is 40.0 Å². The van der Waals surface area contributed by atoms with Crippen LogP contribution in [0, 0.1) is 13.8 Å². The summed E-state index contributed by atoms with van der Waals surface area (Å²) < 4.78 is 12.9. The largest absolute Gasteiger partial charge is 0.494 e. The first-order chi connectivity index (χ1) is 16.5. The zero-order chi connectivity index (χ0) is 24.1. The van der Waals surface area contributed by atoms with Crippen LogP contribution in [0.1, 0.15) is 36.6 Å². The number of carbonyl (C=O) groups excluding carboxylic acids is 1. The van der Waals surface area contributed by atoms with Crippen LogP contribution in [0.15, 0.2) is 54.6 Å². The topological polar surface area (TPSA) is 78.3 Å². The van der Waals surface area contributed by atoms with E-state index < -0.39 is 0 Å². The molecule has 0 spiro atoms. The fourth-order valence-electron chi connectivity index (χ4n) is 3.86. The van der Waals surface area contributed by atoms with Crippen LogP contribution in [-0.2, 0) is 11.2 Å². The van der Waals surface area contributed by atoms with Gasteiger partial charge in [0.25, 0.3) is 0 Å². The lowest BCUT2D eigenvalue weighted by molar-refractivity contribution is -0.116. The van der Waals surface area contributed by atoms with Crippen molar-refractivity contribution < 1.29 is 14.3 Å². The van der Waals surface area contributed by atoms with Gasteiger partial charge in [-0.05, 0) is 62.1 Å². The third-order valence-electron chi connectivity index (χ3n) is 5.68. The molecule has 7 heteroatoms. The van der Waals surface area contributed by atoms with Gasteiger partial charge < -0.3 is 14.8 Å². The first-order valence-corrected chi connectivity index (χ1v) is 11.5. The summed E-state index contributed by atoms with van der Waals surface area (Å²) in [7, 11) is 1.63. The third-order valence-corrected chi connectivity index (χ3v) is 5.68. The highest BCUT2D eigenvalue weighted by atomic mass is 16.5. The number of hydrogen-bond donors (Lipinski definition) is 1. The minimum Gasteiger partial charge on any atom is -0.494 e. The Morgan fingerprint density at radius 3 is 2.62 bits per heavy atom. The fraction of sp³-hybridized carbons (Fsp3) is 0.296. The highest BCUT2D eigenvalue weighted by Crippen LogP contribution is 2.28. The molecule has 7 nitrogen and oxygen atoms in total. The SMILES string of the molecule is CCc1ccc(OCCCC(=O)Nc2cc(C)nn2-c2cc(C)c3cccc(OC)c3n2)cc1. The van der Waals surface area contributed by atoms with E-state index in [0.29, 0.717) is 36.8 Å². The number of benzene rings is 2. The molecular formula is C27H30N4O3. The van der Waals surface area contributed by atoms with Crippen molar-refractivity contribution in [1.82, 2.24) is 14.8 Å². The van der Waals surface area contributed by atoms with E-state index in [4.69, 9.17) is 14.5 Å². The van der Waals surface area contributed by atoms with Gasteiger partial charge in [0.15, 0.2) is 5.82 Å². The summed E-state index contributed by atoms with van der Waals surface area (Å²) in [5.41, 5.74) is 3.87. The number of hydrogen-bond acceptors (Lipinski definition) is 5. The molecule has 1 N–H and O–H groups in total. The number of amides is 1. The quantitative estimate of drug-likeness (QED) is 0.340. The van der Waals surface area contributed by atoms with Gasteiger partial charge in [-0.2, -0.15) is 9.78 Å². The smallest absolute Gasteiger partial charge is 0.225 e. The van der Waals surface area contributed by atoms with Gasteiger partial charge in [0.05, 0.1) is 19.4 Å². The second-order valence-corrected chi connectivity index (χ2v) is 8.23. The Kier molecular flexibility index (Phi) is 7.11. The summed E-state index contributed by atoms with van der Waals surface area (Å²) in [6, 6.07) is 17.7. The highest BCUT2D eigenvalue weighted by molar-refractivity contribution is 5.91. The maximum absolute atomic E-state index is 12.6. The molecule has 0 atom stereocenters. The first kappa shape index (κ1) is 23.3. The Labute approximate surface area is 199 Å². The molecule has 0 radical (unpaired) electrons. The number of ether oxygens (including phenoxy) is 2. The molecule has 0 aliphatic heterocycles. The molecule has 0 unspecified atom stereocenters. The second kappa shape index (κ2) is 10.4. The Hall–Kier alpha value is -3.87. The zero-order valence-corrected chi connectivity index (χ0v) is 20.1. The number of nitrogens with one attached hydrogen (secondary N) is 1. The third kappa shape index (κ3) is 5.20. The predicted octanol–water partition coefficient (Wildman–Crippen LogP) is 5.41.